The molecule has 0 unspecified atom stereocenters. The van der Waals surface area contributed by atoms with Crippen LogP contribution < -0.4 is 15.5 Å². The largest absolute Gasteiger partial charge is 0.497 e. The predicted molar refractivity (Wildman–Crippen MR) is 104 cm³/mol. The molecule has 1 aliphatic rings. The van der Waals surface area contributed by atoms with Gasteiger partial charge in [-0.1, -0.05) is 12.1 Å². The molecule has 1 saturated heterocycles. The van der Waals surface area contributed by atoms with Crippen LogP contribution in [0.2, 0.25) is 0 Å². The van der Waals surface area contributed by atoms with E-state index in [4.69, 9.17) is 9.84 Å². The van der Waals surface area contributed by atoms with Crippen LogP contribution in [-0.2, 0) is 6.54 Å². The van der Waals surface area contributed by atoms with Crippen molar-refractivity contribution >= 4 is 22.9 Å². The molecule has 146 valence electrons. The van der Waals surface area contributed by atoms with Crippen molar-refractivity contribution in [1.82, 2.24) is 19.7 Å². The third-order valence-electron chi connectivity index (χ3n) is 4.94. The number of hydrogen-bond acceptors (Lipinski definition) is 5. The van der Waals surface area contributed by atoms with Crippen molar-refractivity contribution < 1.29 is 14.6 Å². The molecule has 1 fully saturated rings. The molecule has 2 aromatic heterocycles. The van der Waals surface area contributed by atoms with Gasteiger partial charge in [0.05, 0.1) is 13.7 Å². The minimum absolute atomic E-state index is 0.0803. The Labute approximate surface area is 160 Å². The summed E-state index contributed by atoms with van der Waals surface area (Å²) < 4.78 is 6.92. The standard InChI is InChI=1S/C19H21N5O4/c1-28-14-4-2-12(3-5-14)10-24-18-16(15(25)6-8-20-18)17(22-24)21-13-7-9-23(11-13)19(26)27/h2-6,8,13H,7,9-11H2,1H3,(H,20,25)(H,21,22)(H,26,27)/t13-/m1/s1. The molecule has 1 aliphatic heterocycles. The molecule has 1 amide bonds. The Morgan fingerprint density at radius 3 is 2.82 bits per heavy atom. The highest BCUT2D eigenvalue weighted by Crippen LogP contribution is 2.22. The summed E-state index contributed by atoms with van der Waals surface area (Å²) in [5.74, 6) is 1.25. The molecule has 0 bridgehead atoms. The van der Waals surface area contributed by atoms with Gasteiger partial charge in [-0.3, -0.25) is 4.79 Å². The Morgan fingerprint density at radius 1 is 1.36 bits per heavy atom. The highest BCUT2D eigenvalue weighted by Gasteiger charge is 2.27. The van der Waals surface area contributed by atoms with Gasteiger partial charge in [0.15, 0.2) is 11.2 Å². The Balaban J connectivity index is 1.64. The summed E-state index contributed by atoms with van der Waals surface area (Å²) in [6.45, 7) is 1.31. The average Bonchev–Trinajstić information content (AvgIpc) is 3.29. The van der Waals surface area contributed by atoms with E-state index in [1.807, 2.05) is 24.3 Å². The number of aromatic nitrogens is 3. The molecule has 4 rings (SSSR count). The van der Waals surface area contributed by atoms with Gasteiger partial charge in [-0.15, -0.1) is 0 Å². The van der Waals surface area contributed by atoms with Gasteiger partial charge < -0.3 is 25.0 Å². The maximum Gasteiger partial charge on any atom is 0.407 e. The molecule has 3 aromatic rings. The molecule has 0 aliphatic carbocycles. The molecule has 3 heterocycles. The van der Waals surface area contributed by atoms with E-state index in [0.29, 0.717) is 42.9 Å². The van der Waals surface area contributed by atoms with E-state index in [0.717, 1.165) is 11.3 Å². The lowest BCUT2D eigenvalue weighted by Crippen LogP contribution is -2.30. The minimum atomic E-state index is -0.933. The zero-order chi connectivity index (χ0) is 19.7. The fourth-order valence-electron chi connectivity index (χ4n) is 3.49. The molecule has 0 spiro atoms. The van der Waals surface area contributed by atoms with Crippen molar-refractivity contribution in [2.75, 3.05) is 25.5 Å². The van der Waals surface area contributed by atoms with Gasteiger partial charge in [0.2, 0.25) is 0 Å². The van der Waals surface area contributed by atoms with Crippen LogP contribution in [0.15, 0.2) is 41.3 Å². The number of fused-ring (bicyclic) bond motifs is 1. The molecular weight excluding hydrogens is 362 g/mol. The molecule has 1 atom stereocenters. The molecule has 0 saturated carbocycles. The second-order valence-corrected chi connectivity index (χ2v) is 6.78. The van der Waals surface area contributed by atoms with Gasteiger partial charge in [-0.25, -0.2) is 9.48 Å². The van der Waals surface area contributed by atoms with Crippen LogP contribution in [0.25, 0.3) is 11.0 Å². The van der Waals surface area contributed by atoms with Gasteiger partial charge in [0, 0.05) is 31.4 Å². The lowest BCUT2D eigenvalue weighted by atomic mass is 10.2. The number of nitrogens with zero attached hydrogens (tertiary/aromatic N) is 3. The number of carboxylic acid groups (broad SMARTS) is 1. The van der Waals surface area contributed by atoms with E-state index in [1.54, 1.807) is 18.0 Å². The third-order valence-corrected chi connectivity index (χ3v) is 4.94. The van der Waals surface area contributed by atoms with Crippen LogP contribution >= 0.6 is 0 Å². The SMILES string of the molecule is COc1ccc(Cn2nc(N[C@@H]3CCN(C(=O)O)C3)c3c(=O)cc[nH]c32)cc1. The van der Waals surface area contributed by atoms with Gasteiger partial charge in [-0.2, -0.15) is 5.10 Å². The topological polar surface area (TPSA) is 112 Å². The number of hydrogen-bond donors (Lipinski definition) is 3. The quantitative estimate of drug-likeness (QED) is 0.621. The fraction of sp³-hybridized carbons (Fsp3) is 0.316. The van der Waals surface area contributed by atoms with Crippen molar-refractivity contribution in [1.29, 1.82) is 0 Å². The van der Waals surface area contributed by atoms with Gasteiger partial charge in [0.25, 0.3) is 0 Å². The van der Waals surface area contributed by atoms with Crippen molar-refractivity contribution in [2.45, 2.75) is 19.0 Å². The number of H-pyrrole nitrogens is 1. The monoisotopic (exact) mass is 383 g/mol. The molecular formula is C19H21N5O4. The zero-order valence-electron chi connectivity index (χ0n) is 15.4. The molecule has 9 nitrogen and oxygen atoms in total. The Hall–Kier alpha value is -3.49. The van der Waals surface area contributed by atoms with Crippen molar-refractivity contribution in [3.05, 3.63) is 52.3 Å². The predicted octanol–water partition coefficient (Wildman–Crippen LogP) is 1.95. The summed E-state index contributed by atoms with van der Waals surface area (Å²) in [5, 5.41) is 17.5. The maximum atomic E-state index is 12.5. The first-order valence-corrected chi connectivity index (χ1v) is 9.00. The number of pyridine rings is 1. The number of amides is 1. The summed E-state index contributed by atoms with van der Waals surface area (Å²) in [6.07, 6.45) is 1.34. The number of carbonyl (C=O) groups is 1. The second kappa shape index (κ2) is 7.26. The number of likely N-dealkylation sites (tertiary alicyclic amines) is 1. The first kappa shape index (κ1) is 17.9. The summed E-state index contributed by atoms with van der Waals surface area (Å²) in [6, 6.07) is 9.03. The smallest absolute Gasteiger partial charge is 0.407 e. The van der Waals surface area contributed by atoms with E-state index < -0.39 is 6.09 Å². The maximum absolute atomic E-state index is 12.5. The fourth-order valence-corrected chi connectivity index (χ4v) is 3.49. The Kier molecular flexibility index (Phi) is 4.64. The van der Waals surface area contributed by atoms with Crippen molar-refractivity contribution in [3.8, 4) is 5.75 Å². The highest BCUT2D eigenvalue weighted by molar-refractivity contribution is 5.87. The highest BCUT2D eigenvalue weighted by atomic mass is 16.5. The lowest BCUT2D eigenvalue weighted by Gasteiger charge is -2.13. The summed E-state index contributed by atoms with van der Waals surface area (Å²) in [5.41, 5.74) is 1.50. The number of nitrogens with one attached hydrogen (secondary N) is 2. The number of methoxy groups -OCH3 is 1. The normalized spacial score (nSPS) is 16.5. The zero-order valence-corrected chi connectivity index (χ0v) is 15.4. The van der Waals surface area contributed by atoms with Crippen LogP contribution in [0.1, 0.15) is 12.0 Å². The number of anilines is 1. The Morgan fingerprint density at radius 2 is 2.14 bits per heavy atom. The number of rotatable bonds is 5. The average molecular weight is 383 g/mol. The van der Waals surface area contributed by atoms with Gasteiger partial charge in [0.1, 0.15) is 16.8 Å². The van der Waals surface area contributed by atoms with E-state index in [2.05, 4.69) is 15.4 Å². The van der Waals surface area contributed by atoms with E-state index in [9.17, 15) is 9.59 Å². The molecule has 0 radical (unpaired) electrons. The van der Waals surface area contributed by atoms with Crippen LogP contribution in [0, 0.1) is 0 Å². The second-order valence-electron chi connectivity index (χ2n) is 6.78. The third kappa shape index (κ3) is 3.38. The minimum Gasteiger partial charge on any atom is -0.497 e. The van der Waals surface area contributed by atoms with Gasteiger partial charge in [-0.05, 0) is 24.1 Å². The number of ether oxygens (including phenoxy) is 1. The van der Waals surface area contributed by atoms with Gasteiger partial charge >= 0.3 is 6.09 Å². The molecule has 1 aromatic carbocycles. The van der Waals surface area contributed by atoms with Crippen LogP contribution in [0.5, 0.6) is 5.75 Å². The van der Waals surface area contributed by atoms with Crippen molar-refractivity contribution in [2.24, 2.45) is 0 Å². The summed E-state index contributed by atoms with van der Waals surface area (Å²) in [7, 11) is 1.62. The molecule has 9 heteroatoms. The number of aromatic amines is 1. The molecule has 28 heavy (non-hydrogen) atoms. The van der Waals surface area contributed by atoms with Crippen LogP contribution in [-0.4, -0.2) is 57.1 Å². The first-order valence-electron chi connectivity index (χ1n) is 9.00. The van der Waals surface area contributed by atoms with Crippen LogP contribution in [0.4, 0.5) is 10.6 Å². The summed E-state index contributed by atoms with van der Waals surface area (Å²) in [4.78, 5) is 28.1. The lowest BCUT2D eigenvalue weighted by molar-refractivity contribution is 0.155. The van der Waals surface area contributed by atoms with Crippen molar-refractivity contribution in [3.63, 3.8) is 0 Å². The van der Waals surface area contributed by atoms with E-state index >= 15 is 0 Å². The van der Waals surface area contributed by atoms with E-state index in [-0.39, 0.29) is 11.5 Å². The first-order chi connectivity index (χ1) is 13.5. The number of benzene rings is 1. The van der Waals surface area contributed by atoms with Crippen LogP contribution in [0.3, 0.4) is 0 Å². The van der Waals surface area contributed by atoms with E-state index in [1.165, 1.54) is 11.0 Å². The summed E-state index contributed by atoms with van der Waals surface area (Å²) >= 11 is 0. The molecule has 3 N–H and O–H groups in total. The Bertz CT molecular complexity index is 1060.